The molecule has 6 nitrogen and oxygen atoms in total. The highest BCUT2D eigenvalue weighted by molar-refractivity contribution is 7.99. The van der Waals surface area contributed by atoms with Gasteiger partial charge in [0.2, 0.25) is 0 Å². The van der Waals surface area contributed by atoms with Crippen LogP contribution in [0.5, 0.6) is 0 Å². The van der Waals surface area contributed by atoms with Crippen molar-refractivity contribution in [2.45, 2.75) is 37.4 Å². The Morgan fingerprint density at radius 2 is 1.88 bits per heavy atom. The lowest BCUT2D eigenvalue weighted by Gasteiger charge is -2.23. The van der Waals surface area contributed by atoms with Crippen molar-refractivity contribution in [3.05, 3.63) is 70.9 Å². The summed E-state index contributed by atoms with van der Waals surface area (Å²) in [5.41, 5.74) is 4.08. The zero-order chi connectivity index (χ0) is 24.3. The maximum atomic E-state index is 13.0. The minimum Gasteiger partial charge on any atom is -0.385 e. The van der Waals surface area contributed by atoms with Crippen LogP contribution in [0.2, 0.25) is 5.02 Å². The van der Waals surface area contributed by atoms with Crippen molar-refractivity contribution in [2.75, 3.05) is 31.4 Å². The van der Waals surface area contributed by atoms with Crippen LogP contribution in [0.1, 0.15) is 25.8 Å². The fourth-order valence-electron chi connectivity index (χ4n) is 4.37. The molecule has 1 aliphatic rings. The standard InChI is InChI=1S/C26H29ClN4O2S/c1-26(2)21-8-5-6-9-22(21)30(3)23(26)16-20(32)17-34-25-29-28-24(31(25)14-7-15-33-4)18-10-12-19(27)13-11-18/h5-6,8-13,16H,7,14-15,17H2,1-4H3. The van der Waals surface area contributed by atoms with Crippen LogP contribution in [0.4, 0.5) is 5.69 Å². The number of halogens is 1. The summed E-state index contributed by atoms with van der Waals surface area (Å²) in [4.78, 5) is 15.1. The Balaban J connectivity index is 1.53. The predicted molar refractivity (Wildman–Crippen MR) is 139 cm³/mol. The molecule has 0 fully saturated rings. The van der Waals surface area contributed by atoms with E-state index in [0.717, 1.165) is 34.3 Å². The molecule has 3 aromatic rings. The van der Waals surface area contributed by atoms with Crippen molar-refractivity contribution in [2.24, 2.45) is 0 Å². The molecule has 34 heavy (non-hydrogen) atoms. The molecule has 0 aliphatic carbocycles. The number of rotatable bonds is 9. The fourth-order valence-corrected chi connectivity index (χ4v) is 5.28. The summed E-state index contributed by atoms with van der Waals surface area (Å²) in [5, 5.41) is 10.2. The molecule has 0 saturated carbocycles. The number of thioether (sulfide) groups is 1. The van der Waals surface area contributed by atoms with Gasteiger partial charge in [-0.1, -0.05) is 55.4 Å². The van der Waals surface area contributed by atoms with Gasteiger partial charge in [-0.25, -0.2) is 0 Å². The zero-order valence-electron chi connectivity index (χ0n) is 19.9. The Kier molecular flexibility index (Phi) is 7.45. The molecule has 8 heteroatoms. The number of methoxy groups -OCH3 is 1. The number of aromatic nitrogens is 3. The van der Waals surface area contributed by atoms with E-state index in [1.807, 2.05) is 43.4 Å². The van der Waals surface area contributed by atoms with Crippen LogP contribution in [-0.4, -0.2) is 47.1 Å². The van der Waals surface area contributed by atoms with Gasteiger partial charge in [0.1, 0.15) is 0 Å². The van der Waals surface area contributed by atoms with Crippen LogP contribution >= 0.6 is 23.4 Å². The van der Waals surface area contributed by atoms with Crippen LogP contribution in [0.3, 0.4) is 0 Å². The van der Waals surface area contributed by atoms with E-state index in [1.54, 1.807) is 13.2 Å². The van der Waals surface area contributed by atoms with E-state index < -0.39 is 0 Å². The quantitative estimate of drug-likeness (QED) is 0.218. The van der Waals surface area contributed by atoms with Gasteiger partial charge in [0.15, 0.2) is 16.8 Å². The molecule has 0 spiro atoms. The maximum absolute atomic E-state index is 13.0. The third-order valence-electron chi connectivity index (χ3n) is 6.13. The molecule has 1 aliphatic heterocycles. The first-order chi connectivity index (χ1) is 16.3. The van der Waals surface area contributed by atoms with Crippen LogP contribution in [-0.2, 0) is 21.5 Å². The number of hydrogen-bond donors (Lipinski definition) is 0. The fraction of sp³-hybridized carbons (Fsp3) is 0.346. The lowest BCUT2D eigenvalue weighted by molar-refractivity contribution is -0.112. The Hall–Kier alpha value is -2.61. The Morgan fingerprint density at radius 1 is 1.15 bits per heavy atom. The largest absolute Gasteiger partial charge is 0.385 e. The Labute approximate surface area is 210 Å². The van der Waals surface area contributed by atoms with Crippen LogP contribution in [0, 0.1) is 0 Å². The molecule has 178 valence electrons. The number of hydrogen-bond acceptors (Lipinski definition) is 6. The second-order valence-corrected chi connectivity index (χ2v) is 10.2. The molecular weight excluding hydrogens is 468 g/mol. The molecule has 2 heterocycles. The summed E-state index contributed by atoms with van der Waals surface area (Å²) in [6.45, 7) is 5.65. The molecule has 0 radical (unpaired) electrons. The number of nitrogens with zero attached hydrogens (tertiary/aromatic N) is 4. The van der Waals surface area contributed by atoms with Gasteiger partial charge in [0, 0.05) is 60.8 Å². The van der Waals surface area contributed by atoms with Gasteiger partial charge in [0.25, 0.3) is 0 Å². The molecule has 0 unspecified atom stereocenters. The Morgan fingerprint density at radius 3 is 2.59 bits per heavy atom. The molecule has 4 rings (SSSR count). The van der Waals surface area contributed by atoms with Gasteiger partial charge in [-0.05, 0) is 42.3 Å². The lowest BCUT2D eigenvalue weighted by atomic mass is 9.83. The molecule has 0 amide bonds. The number of ketones is 1. The third-order valence-corrected chi connectivity index (χ3v) is 7.37. The molecule has 0 N–H and O–H groups in total. The summed E-state index contributed by atoms with van der Waals surface area (Å²) in [6, 6.07) is 15.8. The molecular formula is C26H29ClN4O2S. The highest BCUT2D eigenvalue weighted by Gasteiger charge is 2.38. The van der Waals surface area contributed by atoms with Crippen LogP contribution < -0.4 is 4.90 Å². The normalized spacial score (nSPS) is 15.7. The molecule has 1 aromatic heterocycles. The number of fused-ring (bicyclic) bond motifs is 1. The third kappa shape index (κ3) is 4.92. The topological polar surface area (TPSA) is 60.2 Å². The van der Waals surface area contributed by atoms with E-state index in [1.165, 1.54) is 17.3 Å². The van der Waals surface area contributed by atoms with Crippen molar-refractivity contribution in [3.8, 4) is 11.4 Å². The van der Waals surface area contributed by atoms with E-state index in [-0.39, 0.29) is 17.0 Å². The minimum absolute atomic E-state index is 0.0483. The van der Waals surface area contributed by atoms with Crippen LogP contribution in [0.15, 0.2) is 65.5 Å². The first-order valence-electron chi connectivity index (χ1n) is 11.2. The van der Waals surface area contributed by atoms with Crippen molar-refractivity contribution >= 4 is 34.8 Å². The van der Waals surface area contributed by atoms with E-state index in [4.69, 9.17) is 16.3 Å². The van der Waals surface area contributed by atoms with E-state index in [0.29, 0.717) is 18.2 Å². The van der Waals surface area contributed by atoms with E-state index >= 15 is 0 Å². The minimum atomic E-state index is -0.229. The maximum Gasteiger partial charge on any atom is 0.191 e. The molecule has 2 aromatic carbocycles. The summed E-state index contributed by atoms with van der Waals surface area (Å²) < 4.78 is 7.28. The second-order valence-electron chi connectivity index (χ2n) is 8.80. The monoisotopic (exact) mass is 496 g/mol. The Bertz CT molecular complexity index is 1200. The number of likely N-dealkylation sites (N-methyl/N-ethyl adjacent to an activating group) is 1. The highest BCUT2D eigenvalue weighted by Crippen LogP contribution is 2.46. The van der Waals surface area contributed by atoms with E-state index in [2.05, 4.69) is 45.6 Å². The number of anilines is 1. The number of benzene rings is 2. The number of para-hydroxylation sites is 1. The first kappa shape index (κ1) is 24.5. The average molecular weight is 497 g/mol. The predicted octanol–water partition coefficient (Wildman–Crippen LogP) is 5.61. The smallest absolute Gasteiger partial charge is 0.191 e. The molecule has 0 bridgehead atoms. The summed E-state index contributed by atoms with van der Waals surface area (Å²) >= 11 is 7.46. The highest BCUT2D eigenvalue weighted by atomic mass is 35.5. The van der Waals surface area contributed by atoms with Gasteiger partial charge >= 0.3 is 0 Å². The zero-order valence-corrected chi connectivity index (χ0v) is 21.5. The van der Waals surface area contributed by atoms with Crippen LogP contribution in [0.25, 0.3) is 11.4 Å². The van der Waals surface area contributed by atoms with Gasteiger partial charge < -0.3 is 14.2 Å². The first-order valence-corrected chi connectivity index (χ1v) is 12.6. The second kappa shape index (κ2) is 10.3. The van der Waals surface area contributed by atoms with E-state index in [9.17, 15) is 4.79 Å². The number of allylic oxidation sites excluding steroid dienone is 2. The molecule has 0 saturated heterocycles. The van der Waals surface area contributed by atoms with Gasteiger partial charge in [-0.2, -0.15) is 0 Å². The number of carbonyl (C=O) groups is 1. The summed E-state index contributed by atoms with van der Waals surface area (Å²) in [6.07, 6.45) is 2.59. The van der Waals surface area contributed by atoms with Crippen molar-refractivity contribution in [3.63, 3.8) is 0 Å². The SMILES string of the molecule is COCCCn1c(SCC(=O)C=C2N(C)c3ccccc3C2(C)C)nnc1-c1ccc(Cl)cc1. The van der Waals surface area contributed by atoms with Gasteiger partial charge in [-0.15, -0.1) is 10.2 Å². The van der Waals surface area contributed by atoms with Gasteiger partial charge in [-0.3, -0.25) is 4.79 Å². The van der Waals surface area contributed by atoms with Crippen molar-refractivity contribution < 1.29 is 9.53 Å². The summed E-state index contributed by atoms with van der Waals surface area (Å²) in [7, 11) is 3.71. The lowest BCUT2D eigenvalue weighted by Crippen LogP contribution is -2.24. The van der Waals surface area contributed by atoms with Crippen molar-refractivity contribution in [1.82, 2.24) is 14.8 Å². The average Bonchev–Trinajstić information content (AvgIpc) is 3.31. The van der Waals surface area contributed by atoms with Crippen molar-refractivity contribution in [1.29, 1.82) is 0 Å². The summed E-state index contributed by atoms with van der Waals surface area (Å²) in [5.74, 6) is 1.09. The molecule has 0 atom stereocenters. The number of ether oxygens (including phenoxy) is 1. The van der Waals surface area contributed by atoms with Gasteiger partial charge in [0.05, 0.1) is 5.75 Å². The number of carbonyl (C=O) groups excluding carboxylic acids is 1.